The van der Waals surface area contributed by atoms with E-state index < -0.39 is 11.4 Å². The van der Waals surface area contributed by atoms with Gasteiger partial charge in [-0.2, -0.15) is 0 Å². The smallest absolute Gasteiger partial charge is 0.309 e. The van der Waals surface area contributed by atoms with Gasteiger partial charge in [-0.15, -0.1) is 0 Å². The van der Waals surface area contributed by atoms with Gasteiger partial charge in [-0.05, 0) is 39.4 Å². The molecule has 2 saturated heterocycles. The number of piperidine rings is 1. The summed E-state index contributed by atoms with van der Waals surface area (Å²) >= 11 is 0. The number of carbonyl (C=O) groups is 1. The van der Waals surface area contributed by atoms with Crippen molar-refractivity contribution in [1.29, 1.82) is 0 Å². The molecule has 2 heterocycles. The minimum atomic E-state index is -0.604. The standard InChI is InChI=1S/C15H28N2O3/c1-3-4-15(14(18)19)5-7-17(8-6-15)12-13-11-16(2)9-10-20-13/h13H,3-12H2,1-2H3,(H,18,19). The lowest BCUT2D eigenvalue weighted by molar-refractivity contribution is -0.153. The Kier molecular flexibility index (Phi) is 5.41. The SMILES string of the molecule is CCCC1(C(=O)O)CCN(CC2CN(C)CCO2)CC1. The third kappa shape index (κ3) is 3.71. The Morgan fingerprint density at radius 1 is 1.35 bits per heavy atom. The number of morpholine rings is 1. The zero-order valence-corrected chi connectivity index (χ0v) is 12.8. The second-order valence-corrected chi connectivity index (χ2v) is 6.39. The lowest BCUT2D eigenvalue weighted by atomic mass is 9.75. The first-order valence-corrected chi connectivity index (χ1v) is 7.81. The Hall–Kier alpha value is -0.650. The Labute approximate surface area is 121 Å². The van der Waals surface area contributed by atoms with Crippen LogP contribution in [0.4, 0.5) is 0 Å². The van der Waals surface area contributed by atoms with Crippen molar-refractivity contribution in [1.82, 2.24) is 9.80 Å². The van der Waals surface area contributed by atoms with Gasteiger partial charge in [0.2, 0.25) is 0 Å². The molecule has 2 rings (SSSR count). The zero-order chi connectivity index (χ0) is 14.6. The van der Waals surface area contributed by atoms with Crippen LogP contribution in [0.3, 0.4) is 0 Å². The van der Waals surface area contributed by atoms with Gasteiger partial charge in [0, 0.05) is 19.6 Å². The third-order valence-corrected chi connectivity index (χ3v) is 4.80. The van der Waals surface area contributed by atoms with Crippen molar-refractivity contribution in [3.05, 3.63) is 0 Å². The van der Waals surface area contributed by atoms with Crippen LogP contribution in [0.5, 0.6) is 0 Å². The summed E-state index contributed by atoms with van der Waals surface area (Å²) < 4.78 is 5.80. The van der Waals surface area contributed by atoms with Gasteiger partial charge in [-0.1, -0.05) is 13.3 Å². The second kappa shape index (κ2) is 6.87. The Balaban J connectivity index is 1.82. The highest BCUT2D eigenvalue weighted by molar-refractivity contribution is 5.74. The molecule has 1 atom stereocenters. The minimum Gasteiger partial charge on any atom is -0.481 e. The molecule has 0 aliphatic carbocycles. The fraction of sp³-hybridized carbons (Fsp3) is 0.933. The maximum Gasteiger partial charge on any atom is 0.309 e. The summed E-state index contributed by atoms with van der Waals surface area (Å²) in [6, 6.07) is 0. The van der Waals surface area contributed by atoms with Crippen molar-refractivity contribution < 1.29 is 14.6 Å². The summed E-state index contributed by atoms with van der Waals surface area (Å²) in [5, 5.41) is 9.51. The zero-order valence-electron chi connectivity index (χ0n) is 12.8. The maximum atomic E-state index is 11.6. The summed E-state index contributed by atoms with van der Waals surface area (Å²) in [4.78, 5) is 16.2. The van der Waals surface area contributed by atoms with E-state index >= 15 is 0 Å². The van der Waals surface area contributed by atoms with E-state index in [2.05, 4.69) is 23.8 Å². The minimum absolute atomic E-state index is 0.275. The molecule has 0 aromatic carbocycles. The number of rotatable bonds is 5. The highest BCUT2D eigenvalue weighted by Gasteiger charge is 2.40. The summed E-state index contributed by atoms with van der Waals surface area (Å²) in [6.45, 7) is 7.58. The van der Waals surface area contributed by atoms with Crippen molar-refractivity contribution in [2.45, 2.75) is 38.7 Å². The normalized spacial score (nSPS) is 28.4. The van der Waals surface area contributed by atoms with Crippen LogP contribution in [0, 0.1) is 5.41 Å². The van der Waals surface area contributed by atoms with E-state index in [9.17, 15) is 9.90 Å². The summed E-state index contributed by atoms with van der Waals surface area (Å²) in [5.41, 5.74) is -0.477. The van der Waals surface area contributed by atoms with Crippen LogP contribution in [-0.2, 0) is 9.53 Å². The number of carboxylic acids is 1. The molecule has 5 heteroatoms. The van der Waals surface area contributed by atoms with Crippen LogP contribution in [0.1, 0.15) is 32.6 Å². The van der Waals surface area contributed by atoms with E-state index in [1.165, 1.54) is 0 Å². The summed E-state index contributed by atoms with van der Waals surface area (Å²) in [5.74, 6) is -0.604. The molecular weight excluding hydrogens is 256 g/mol. The van der Waals surface area contributed by atoms with E-state index in [-0.39, 0.29) is 6.10 Å². The third-order valence-electron chi connectivity index (χ3n) is 4.80. The molecule has 20 heavy (non-hydrogen) atoms. The predicted octanol–water partition coefficient (Wildman–Crippen LogP) is 1.28. The molecule has 2 fully saturated rings. The van der Waals surface area contributed by atoms with E-state index in [1.807, 2.05) is 0 Å². The van der Waals surface area contributed by atoms with E-state index in [0.717, 1.165) is 65.0 Å². The highest BCUT2D eigenvalue weighted by atomic mass is 16.5. The van der Waals surface area contributed by atoms with E-state index in [0.29, 0.717) is 0 Å². The van der Waals surface area contributed by atoms with Gasteiger partial charge in [0.25, 0.3) is 0 Å². The molecule has 0 aromatic heterocycles. The van der Waals surface area contributed by atoms with Crippen LogP contribution in [-0.4, -0.2) is 73.4 Å². The lowest BCUT2D eigenvalue weighted by Crippen LogP contribution is -2.50. The fourth-order valence-corrected chi connectivity index (χ4v) is 3.48. The molecule has 5 nitrogen and oxygen atoms in total. The van der Waals surface area contributed by atoms with Crippen molar-refractivity contribution in [2.75, 3.05) is 46.4 Å². The molecule has 0 saturated carbocycles. The summed E-state index contributed by atoms with van der Waals surface area (Å²) in [7, 11) is 2.13. The molecule has 1 N–H and O–H groups in total. The van der Waals surface area contributed by atoms with Gasteiger partial charge < -0.3 is 19.6 Å². The number of carboxylic acid groups (broad SMARTS) is 1. The average molecular weight is 284 g/mol. The number of aliphatic carboxylic acids is 1. The van der Waals surface area contributed by atoms with Gasteiger partial charge in [0.15, 0.2) is 0 Å². The Bertz CT molecular complexity index is 327. The van der Waals surface area contributed by atoms with Crippen molar-refractivity contribution in [2.24, 2.45) is 5.41 Å². The van der Waals surface area contributed by atoms with Crippen LogP contribution >= 0.6 is 0 Å². The molecule has 0 radical (unpaired) electrons. The van der Waals surface area contributed by atoms with Gasteiger partial charge in [0.05, 0.1) is 18.1 Å². The van der Waals surface area contributed by atoms with Crippen LogP contribution < -0.4 is 0 Å². The second-order valence-electron chi connectivity index (χ2n) is 6.39. The van der Waals surface area contributed by atoms with Crippen molar-refractivity contribution >= 4 is 5.97 Å². The van der Waals surface area contributed by atoms with E-state index in [4.69, 9.17) is 4.74 Å². The van der Waals surface area contributed by atoms with Crippen molar-refractivity contribution in [3.8, 4) is 0 Å². The molecule has 0 bridgehead atoms. The number of hydrogen-bond donors (Lipinski definition) is 1. The maximum absolute atomic E-state index is 11.6. The molecule has 0 amide bonds. The van der Waals surface area contributed by atoms with Crippen LogP contribution in [0.15, 0.2) is 0 Å². The lowest BCUT2D eigenvalue weighted by Gasteiger charge is -2.41. The highest BCUT2D eigenvalue weighted by Crippen LogP contribution is 2.36. The Morgan fingerprint density at radius 3 is 2.60 bits per heavy atom. The molecule has 0 aromatic rings. The number of ether oxygens (including phenoxy) is 1. The largest absolute Gasteiger partial charge is 0.481 e. The molecular formula is C15H28N2O3. The fourth-order valence-electron chi connectivity index (χ4n) is 3.48. The van der Waals surface area contributed by atoms with Crippen LogP contribution in [0.2, 0.25) is 0 Å². The first-order chi connectivity index (χ1) is 9.55. The first kappa shape index (κ1) is 15.7. The monoisotopic (exact) mass is 284 g/mol. The van der Waals surface area contributed by atoms with Gasteiger partial charge in [-0.25, -0.2) is 0 Å². The predicted molar refractivity (Wildman–Crippen MR) is 77.9 cm³/mol. The number of nitrogens with zero attached hydrogens (tertiary/aromatic N) is 2. The van der Waals surface area contributed by atoms with Gasteiger partial charge >= 0.3 is 5.97 Å². The summed E-state index contributed by atoms with van der Waals surface area (Å²) in [6.07, 6.45) is 3.58. The number of hydrogen-bond acceptors (Lipinski definition) is 4. The molecule has 1 unspecified atom stereocenters. The van der Waals surface area contributed by atoms with Crippen molar-refractivity contribution in [3.63, 3.8) is 0 Å². The molecule has 116 valence electrons. The average Bonchev–Trinajstić information content (AvgIpc) is 2.41. The van der Waals surface area contributed by atoms with Crippen LogP contribution in [0.25, 0.3) is 0 Å². The van der Waals surface area contributed by atoms with Gasteiger partial charge in [0.1, 0.15) is 0 Å². The topological polar surface area (TPSA) is 53.0 Å². The van der Waals surface area contributed by atoms with E-state index in [1.54, 1.807) is 0 Å². The molecule has 0 spiro atoms. The quantitative estimate of drug-likeness (QED) is 0.824. The molecule has 2 aliphatic heterocycles. The van der Waals surface area contributed by atoms with Gasteiger partial charge in [-0.3, -0.25) is 4.79 Å². The first-order valence-electron chi connectivity index (χ1n) is 7.81. The molecule has 2 aliphatic rings. The number of likely N-dealkylation sites (N-methyl/N-ethyl adjacent to an activating group) is 1. The number of likely N-dealkylation sites (tertiary alicyclic amines) is 1. The Morgan fingerprint density at radius 2 is 2.05 bits per heavy atom.